The summed E-state index contributed by atoms with van der Waals surface area (Å²) in [7, 11) is 0. The van der Waals surface area contributed by atoms with Crippen LogP contribution in [0.4, 0.5) is 5.69 Å². The third-order valence-electron chi connectivity index (χ3n) is 5.66. The third kappa shape index (κ3) is 4.73. The minimum atomic E-state index is -0.338. The van der Waals surface area contributed by atoms with Crippen LogP contribution in [0.3, 0.4) is 0 Å². The minimum absolute atomic E-state index is 0.146. The van der Waals surface area contributed by atoms with Gasteiger partial charge in [0.05, 0.1) is 10.6 Å². The molecule has 35 heavy (non-hydrogen) atoms. The lowest BCUT2D eigenvalue weighted by Gasteiger charge is -2.12. The van der Waals surface area contributed by atoms with Gasteiger partial charge in [0, 0.05) is 21.7 Å². The lowest BCUT2D eigenvalue weighted by molar-refractivity contribution is 0.0979. The molecule has 0 aliphatic rings. The number of benzene rings is 4. The van der Waals surface area contributed by atoms with E-state index in [2.05, 4.69) is 22.5 Å². The molecule has 5 nitrogen and oxygen atoms in total. The number of nitrogens with zero attached hydrogens (tertiary/aromatic N) is 1. The fourth-order valence-electron chi connectivity index (χ4n) is 3.88. The maximum Gasteiger partial charge on any atom is 0.258 e. The Balaban J connectivity index is 1.37. The standard InChI is InChI=1S/C27H19Cl2N3O2S/c1-2-15-9-12-24-23(13-15)31-26(34-24)20-14-16(10-11-22(20)29)30-27(35)32-25(33)19-7-3-6-18-17(19)5-4-8-21(18)28/h3-14H,2H2,1H3,(H2,30,32,33,35). The molecule has 2 N–H and O–H groups in total. The summed E-state index contributed by atoms with van der Waals surface area (Å²) in [4.78, 5) is 17.5. The number of nitrogens with one attached hydrogen (secondary N) is 2. The fraction of sp³-hybridized carbons (Fsp3) is 0.0741. The number of rotatable bonds is 4. The molecule has 0 saturated heterocycles. The van der Waals surface area contributed by atoms with Gasteiger partial charge in [-0.3, -0.25) is 10.1 Å². The van der Waals surface area contributed by atoms with E-state index < -0.39 is 0 Å². The molecule has 174 valence electrons. The van der Waals surface area contributed by atoms with E-state index in [1.165, 1.54) is 5.56 Å². The van der Waals surface area contributed by atoms with Gasteiger partial charge in [0.2, 0.25) is 5.89 Å². The Morgan fingerprint density at radius 3 is 2.60 bits per heavy atom. The average Bonchev–Trinajstić information content (AvgIpc) is 3.28. The van der Waals surface area contributed by atoms with E-state index in [1.807, 2.05) is 36.4 Å². The van der Waals surface area contributed by atoms with Crippen LogP contribution in [0.15, 0.2) is 77.2 Å². The van der Waals surface area contributed by atoms with Crippen molar-refractivity contribution in [2.45, 2.75) is 13.3 Å². The molecule has 0 aliphatic heterocycles. The highest BCUT2D eigenvalue weighted by atomic mass is 35.5. The number of hydrogen-bond donors (Lipinski definition) is 2. The van der Waals surface area contributed by atoms with Crippen molar-refractivity contribution < 1.29 is 9.21 Å². The first-order valence-corrected chi connectivity index (χ1v) is 12.1. The number of aromatic nitrogens is 1. The quantitative estimate of drug-likeness (QED) is 0.238. The summed E-state index contributed by atoms with van der Waals surface area (Å²) >= 11 is 18.1. The van der Waals surface area contributed by atoms with Crippen LogP contribution in [0.25, 0.3) is 33.3 Å². The highest BCUT2D eigenvalue weighted by molar-refractivity contribution is 7.80. The number of carbonyl (C=O) groups is 1. The molecule has 0 unspecified atom stereocenters. The van der Waals surface area contributed by atoms with Gasteiger partial charge in [0.25, 0.3) is 5.91 Å². The molecule has 0 aliphatic carbocycles. The van der Waals surface area contributed by atoms with Gasteiger partial charge < -0.3 is 9.73 Å². The second-order valence-corrected chi connectivity index (χ2v) is 9.14. The van der Waals surface area contributed by atoms with Crippen molar-refractivity contribution in [1.82, 2.24) is 10.3 Å². The monoisotopic (exact) mass is 519 g/mol. The lowest BCUT2D eigenvalue weighted by Crippen LogP contribution is -2.34. The van der Waals surface area contributed by atoms with Crippen LogP contribution >= 0.6 is 35.4 Å². The Bertz CT molecular complexity index is 1610. The summed E-state index contributed by atoms with van der Waals surface area (Å²) in [6, 6.07) is 22.0. The molecule has 1 aromatic heterocycles. The van der Waals surface area contributed by atoms with Gasteiger partial charge in [0.15, 0.2) is 10.7 Å². The van der Waals surface area contributed by atoms with Crippen LogP contribution in [0.2, 0.25) is 10.0 Å². The van der Waals surface area contributed by atoms with Crippen molar-refractivity contribution >= 4 is 74.0 Å². The first-order chi connectivity index (χ1) is 16.9. The predicted octanol–water partition coefficient (Wildman–Crippen LogP) is 7.64. The van der Waals surface area contributed by atoms with E-state index in [4.69, 9.17) is 39.8 Å². The zero-order chi connectivity index (χ0) is 24.5. The summed E-state index contributed by atoms with van der Waals surface area (Å²) in [5.74, 6) is 0.0692. The number of oxazole rings is 1. The van der Waals surface area contributed by atoms with Crippen molar-refractivity contribution in [2.24, 2.45) is 0 Å². The topological polar surface area (TPSA) is 67.2 Å². The first kappa shape index (κ1) is 23.3. The second-order valence-electron chi connectivity index (χ2n) is 7.92. The molecule has 5 aromatic rings. The van der Waals surface area contributed by atoms with Crippen LogP contribution in [0, 0.1) is 0 Å². The number of anilines is 1. The molecule has 0 fully saturated rings. The Morgan fingerprint density at radius 2 is 1.77 bits per heavy atom. The molecule has 0 saturated carbocycles. The smallest absolute Gasteiger partial charge is 0.258 e. The number of halogens is 2. The van der Waals surface area contributed by atoms with Gasteiger partial charge in [-0.15, -0.1) is 0 Å². The van der Waals surface area contributed by atoms with Gasteiger partial charge in [-0.1, -0.05) is 60.5 Å². The van der Waals surface area contributed by atoms with Crippen LogP contribution in [-0.2, 0) is 6.42 Å². The zero-order valence-corrected chi connectivity index (χ0v) is 20.9. The van der Waals surface area contributed by atoms with Crippen LogP contribution in [0.5, 0.6) is 0 Å². The number of aryl methyl sites for hydroxylation is 1. The molecular weight excluding hydrogens is 501 g/mol. The highest BCUT2D eigenvalue weighted by Crippen LogP contribution is 2.33. The normalized spacial score (nSPS) is 11.1. The van der Waals surface area contributed by atoms with E-state index >= 15 is 0 Å². The Labute approximate surface area is 217 Å². The van der Waals surface area contributed by atoms with Crippen molar-refractivity contribution in [3.05, 3.63) is 94.0 Å². The molecule has 0 bridgehead atoms. The minimum Gasteiger partial charge on any atom is -0.436 e. The summed E-state index contributed by atoms with van der Waals surface area (Å²) in [5, 5.41) is 8.52. The molecule has 1 heterocycles. The first-order valence-electron chi connectivity index (χ1n) is 10.9. The molecule has 0 spiro atoms. The zero-order valence-electron chi connectivity index (χ0n) is 18.6. The maximum atomic E-state index is 12.9. The number of thiocarbonyl (C=S) groups is 1. The molecule has 0 radical (unpaired) electrons. The SMILES string of the molecule is CCc1ccc2oc(-c3cc(NC(=S)NC(=O)c4cccc5c(Cl)cccc45)ccc3Cl)nc2c1. The van der Waals surface area contributed by atoms with E-state index in [0.717, 1.165) is 22.7 Å². The predicted molar refractivity (Wildman–Crippen MR) is 146 cm³/mol. The van der Waals surface area contributed by atoms with Gasteiger partial charge in [-0.2, -0.15) is 0 Å². The van der Waals surface area contributed by atoms with Crippen molar-refractivity contribution in [2.75, 3.05) is 5.32 Å². The number of hydrogen-bond acceptors (Lipinski definition) is 4. The summed E-state index contributed by atoms with van der Waals surface area (Å²) in [6.45, 7) is 2.09. The van der Waals surface area contributed by atoms with E-state index in [0.29, 0.717) is 38.3 Å². The van der Waals surface area contributed by atoms with E-state index in [-0.39, 0.29) is 11.0 Å². The van der Waals surface area contributed by atoms with Crippen LogP contribution in [-0.4, -0.2) is 16.0 Å². The maximum absolute atomic E-state index is 12.9. The summed E-state index contributed by atoms with van der Waals surface area (Å²) in [5.41, 5.74) is 4.35. The van der Waals surface area contributed by atoms with Crippen LogP contribution < -0.4 is 10.6 Å². The highest BCUT2D eigenvalue weighted by Gasteiger charge is 2.15. The van der Waals surface area contributed by atoms with Crippen LogP contribution in [0.1, 0.15) is 22.8 Å². The third-order valence-corrected chi connectivity index (χ3v) is 6.52. The molecule has 8 heteroatoms. The molecule has 5 rings (SSSR count). The molecule has 4 aromatic carbocycles. The summed E-state index contributed by atoms with van der Waals surface area (Å²) < 4.78 is 5.93. The van der Waals surface area contributed by atoms with Gasteiger partial charge >= 0.3 is 0 Å². The fourth-order valence-corrected chi connectivity index (χ4v) is 4.52. The van der Waals surface area contributed by atoms with Gasteiger partial charge in [-0.25, -0.2) is 4.98 Å². The number of carbonyl (C=O) groups excluding carboxylic acids is 1. The Kier molecular flexibility index (Phi) is 6.43. The van der Waals surface area contributed by atoms with Gasteiger partial charge in [-0.05, 0) is 72.1 Å². The lowest BCUT2D eigenvalue weighted by atomic mass is 10.0. The second kappa shape index (κ2) is 9.66. The Hall–Kier alpha value is -3.45. The van der Waals surface area contributed by atoms with Gasteiger partial charge in [0.1, 0.15) is 5.52 Å². The van der Waals surface area contributed by atoms with E-state index in [9.17, 15) is 4.79 Å². The molecule has 1 amide bonds. The average molecular weight is 520 g/mol. The number of amides is 1. The number of fused-ring (bicyclic) bond motifs is 2. The van der Waals surface area contributed by atoms with Crippen molar-refractivity contribution in [1.29, 1.82) is 0 Å². The van der Waals surface area contributed by atoms with E-state index in [1.54, 1.807) is 36.4 Å². The summed E-state index contributed by atoms with van der Waals surface area (Å²) in [6.07, 6.45) is 0.910. The molecular formula is C27H19Cl2N3O2S. The largest absolute Gasteiger partial charge is 0.436 e. The molecule has 0 atom stereocenters. The van der Waals surface area contributed by atoms with Crippen molar-refractivity contribution in [3.8, 4) is 11.5 Å². The van der Waals surface area contributed by atoms with Crippen molar-refractivity contribution in [3.63, 3.8) is 0 Å². The Morgan fingerprint density at radius 1 is 0.971 bits per heavy atom.